The van der Waals surface area contributed by atoms with Gasteiger partial charge in [0.2, 0.25) is 0 Å². The van der Waals surface area contributed by atoms with E-state index < -0.39 is 5.82 Å². The molecule has 16 heavy (non-hydrogen) atoms. The highest BCUT2D eigenvalue weighted by Gasteiger charge is 2.09. The van der Waals surface area contributed by atoms with Crippen LogP contribution >= 0.6 is 0 Å². The van der Waals surface area contributed by atoms with Crippen molar-refractivity contribution < 1.29 is 13.9 Å². The second-order valence-corrected chi connectivity index (χ2v) is 3.75. The SMILES string of the molecule is CCCCCOc1ccc(F)cc1C(C)=O. The maximum atomic E-state index is 12.9. The van der Waals surface area contributed by atoms with Crippen LogP contribution in [0.1, 0.15) is 43.5 Å². The lowest BCUT2D eigenvalue weighted by Crippen LogP contribution is -2.03. The Balaban J connectivity index is 2.67. The Hall–Kier alpha value is -1.38. The first kappa shape index (κ1) is 12.7. The molecule has 0 saturated carbocycles. The van der Waals surface area contributed by atoms with Gasteiger partial charge in [0.25, 0.3) is 0 Å². The van der Waals surface area contributed by atoms with Gasteiger partial charge in [-0.3, -0.25) is 4.79 Å². The molecule has 0 heterocycles. The van der Waals surface area contributed by atoms with Crippen LogP contribution in [0.4, 0.5) is 4.39 Å². The van der Waals surface area contributed by atoms with E-state index in [0.29, 0.717) is 17.9 Å². The van der Waals surface area contributed by atoms with Gasteiger partial charge >= 0.3 is 0 Å². The summed E-state index contributed by atoms with van der Waals surface area (Å²) in [6, 6.07) is 4.04. The lowest BCUT2D eigenvalue weighted by Gasteiger charge is -2.09. The topological polar surface area (TPSA) is 26.3 Å². The van der Waals surface area contributed by atoms with E-state index in [1.165, 1.54) is 25.1 Å². The van der Waals surface area contributed by atoms with Gasteiger partial charge in [-0.1, -0.05) is 19.8 Å². The number of Topliss-reactive ketones (excluding diaryl/α,β-unsaturated/α-hetero) is 1. The maximum absolute atomic E-state index is 12.9. The van der Waals surface area contributed by atoms with Gasteiger partial charge in [0.1, 0.15) is 11.6 Å². The number of carbonyl (C=O) groups excluding carboxylic acids is 1. The van der Waals surface area contributed by atoms with Crippen molar-refractivity contribution in [2.45, 2.75) is 33.1 Å². The molecule has 0 aliphatic carbocycles. The van der Waals surface area contributed by atoms with Crippen LogP contribution in [-0.2, 0) is 0 Å². The molecule has 3 heteroatoms. The van der Waals surface area contributed by atoms with Crippen LogP contribution in [0.2, 0.25) is 0 Å². The van der Waals surface area contributed by atoms with Crippen LogP contribution in [0.25, 0.3) is 0 Å². The highest BCUT2D eigenvalue weighted by molar-refractivity contribution is 5.96. The fraction of sp³-hybridized carbons (Fsp3) is 0.462. The van der Waals surface area contributed by atoms with Crippen LogP contribution in [0.3, 0.4) is 0 Å². The van der Waals surface area contributed by atoms with E-state index in [0.717, 1.165) is 19.3 Å². The number of ether oxygens (including phenoxy) is 1. The predicted molar refractivity (Wildman–Crippen MR) is 61.4 cm³/mol. The largest absolute Gasteiger partial charge is 0.493 e. The highest BCUT2D eigenvalue weighted by Crippen LogP contribution is 2.20. The van der Waals surface area contributed by atoms with E-state index in [9.17, 15) is 9.18 Å². The van der Waals surface area contributed by atoms with E-state index >= 15 is 0 Å². The summed E-state index contributed by atoms with van der Waals surface area (Å²) in [5.41, 5.74) is 0.316. The third kappa shape index (κ3) is 3.65. The molecule has 0 aliphatic rings. The van der Waals surface area contributed by atoms with Crippen LogP contribution in [0, 0.1) is 5.82 Å². The fourth-order valence-electron chi connectivity index (χ4n) is 1.44. The number of unbranched alkanes of at least 4 members (excludes halogenated alkanes) is 2. The lowest BCUT2D eigenvalue weighted by atomic mass is 10.1. The van der Waals surface area contributed by atoms with Crippen molar-refractivity contribution in [3.05, 3.63) is 29.6 Å². The minimum atomic E-state index is -0.411. The Labute approximate surface area is 95.4 Å². The second-order valence-electron chi connectivity index (χ2n) is 3.75. The Kier molecular flexibility index (Phi) is 4.96. The van der Waals surface area contributed by atoms with Gasteiger partial charge in [-0.25, -0.2) is 4.39 Å². The number of benzene rings is 1. The molecule has 88 valence electrons. The molecule has 0 aromatic heterocycles. The molecular weight excluding hydrogens is 207 g/mol. The smallest absolute Gasteiger partial charge is 0.163 e. The van der Waals surface area contributed by atoms with Crippen molar-refractivity contribution in [1.82, 2.24) is 0 Å². The van der Waals surface area contributed by atoms with Crippen molar-refractivity contribution in [3.63, 3.8) is 0 Å². The minimum absolute atomic E-state index is 0.176. The summed E-state index contributed by atoms with van der Waals surface area (Å²) in [6.07, 6.45) is 3.16. The number of hydrogen-bond acceptors (Lipinski definition) is 2. The van der Waals surface area contributed by atoms with E-state index in [2.05, 4.69) is 6.92 Å². The third-order valence-electron chi connectivity index (χ3n) is 2.33. The molecule has 0 saturated heterocycles. The van der Waals surface area contributed by atoms with Gasteiger partial charge < -0.3 is 4.74 Å². The summed E-state index contributed by atoms with van der Waals surface area (Å²) < 4.78 is 18.4. The first-order valence-electron chi connectivity index (χ1n) is 5.58. The highest BCUT2D eigenvalue weighted by atomic mass is 19.1. The standard InChI is InChI=1S/C13H17FO2/c1-3-4-5-8-16-13-7-6-11(14)9-12(13)10(2)15/h6-7,9H,3-5,8H2,1-2H3. The molecule has 0 spiro atoms. The molecule has 0 atom stereocenters. The number of halogens is 1. The average molecular weight is 224 g/mol. The van der Waals surface area contributed by atoms with E-state index in [-0.39, 0.29) is 5.78 Å². The number of ketones is 1. The van der Waals surface area contributed by atoms with Gasteiger partial charge in [-0.2, -0.15) is 0 Å². The summed E-state index contributed by atoms with van der Waals surface area (Å²) in [6.45, 7) is 4.09. The summed E-state index contributed by atoms with van der Waals surface area (Å²) in [7, 11) is 0. The fourth-order valence-corrected chi connectivity index (χ4v) is 1.44. The maximum Gasteiger partial charge on any atom is 0.163 e. The molecular formula is C13H17FO2. The molecule has 2 nitrogen and oxygen atoms in total. The molecule has 1 aromatic carbocycles. The van der Waals surface area contributed by atoms with Crippen LogP contribution in [0.15, 0.2) is 18.2 Å². The van der Waals surface area contributed by atoms with E-state index in [1.807, 2.05) is 0 Å². The van der Waals surface area contributed by atoms with Gasteiger partial charge in [-0.15, -0.1) is 0 Å². The summed E-state index contributed by atoms with van der Waals surface area (Å²) in [5, 5.41) is 0. The Morgan fingerprint density at radius 3 is 2.75 bits per heavy atom. The second kappa shape index (κ2) is 6.26. The Morgan fingerprint density at radius 2 is 2.12 bits per heavy atom. The quantitative estimate of drug-likeness (QED) is 0.545. The zero-order chi connectivity index (χ0) is 12.0. The van der Waals surface area contributed by atoms with Crippen molar-refractivity contribution in [1.29, 1.82) is 0 Å². The molecule has 0 N–H and O–H groups in total. The molecule has 0 bridgehead atoms. The van der Waals surface area contributed by atoms with Crippen LogP contribution in [-0.4, -0.2) is 12.4 Å². The van der Waals surface area contributed by atoms with Gasteiger partial charge in [0.05, 0.1) is 12.2 Å². The normalized spacial score (nSPS) is 10.2. The third-order valence-corrected chi connectivity index (χ3v) is 2.33. The van der Waals surface area contributed by atoms with E-state index in [4.69, 9.17) is 4.74 Å². The predicted octanol–water partition coefficient (Wildman–Crippen LogP) is 3.60. The molecule has 0 radical (unpaired) electrons. The Morgan fingerprint density at radius 1 is 1.38 bits per heavy atom. The molecule has 0 unspecified atom stereocenters. The van der Waals surface area contributed by atoms with Gasteiger partial charge in [-0.05, 0) is 31.5 Å². The lowest BCUT2D eigenvalue weighted by molar-refractivity contribution is 0.101. The first-order valence-corrected chi connectivity index (χ1v) is 5.58. The molecule has 0 amide bonds. The van der Waals surface area contributed by atoms with Crippen molar-refractivity contribution in [2.24, 2.45) is 0 Å². The number of rotatable bonds is 6. The van der Waals surface area contributed by atoms with Gasteiger partial charge in [0.15, 0.2) is 5.78 Å². The number of hydrogen-bond donors (Lipinski definition) is 0. The number of carbonyl (C=O) groups is 1. The van der Waals surface area contributed by atoms with Gasteiger partial charge in [0, 0.05) is 0 Å². The van der Waals surface area contributed by atoms with E-state index in [1.54, 1.807) is 0 Å². The first-order chi connectivity index (χ1) is 7.65. The summed E-state index contributed by atoms with van der Waals surface area (Å²) in [5.74, 6) is -0.110. The molecule has 1 rings (SSSR count). The molecule has 0 aliphatic heterocycles. The average Bonchev–Trinajstić information content (AvgIpc) is 2.26. The van der Waals surface area contributed by atoms with Crippen molar-refractivity contribution in [2.75, 3.05) is 6.61 Å². The van der Waals surface area contributed by atoms with Crippen LogP contribution in [0.5, 0.6) is 5.75 Å². The summed E-state index contributed by atoms with van der Waals surface area (Å²) in [4.78, 5) is 11.3. The molecule has 1 aromatic rings. The van der Waals surface area contributed by atoms with Crippen molar-refractivity contribution in [3.8, 4) is 5.75 Å². The zero-order valence-corrected chi connectivity index (χ0v) is 9.75. The minimum Gasteiger partial charge on any atom is -0.493 e. The van der Waals surface area contributed by atoms with Crippen molar-refractivity contribution >= 4 is 5.78 Å². The Bertz CT molecular complexity index is 361. The van der Waals surface area contributed by atoms with Crippen LogP contribution < -0.4 is 4.74 Å². The summed E-state index contributed by atoms with van der Waals surface area (Å²) >= 11 is 0. The zero-order valence-electron chi connectivity index (χ0n) is 9.75. The molecule has 0 fully saturated rings. The monoisotopic (exact) mass is 224 g/mol.